The van der Waals surface area contributed by atoms with Crippen molar-refractivity contribution in [2.24, 2.45) is 0 Å². The van der Waals surface area contributed by atoms with Gasteiger partial charge in [0.05, 0.1) is 11.2 Å². The summed E-state index contributed by atoms with van der Waals surface area (Å²) in [7, 11) is -0.420. The molecule has 1 aliphatic rings. The summed E-state index contributed by atoms with van der Waals surface area (Å²) >= 11 is 0. The van der Waals surface area contributed by atoms with Gasteiger partial charge in [0.2, 0.25) is 0 Å². The van der Waals surface area contributed by atoms with Crippen LogP contribution in [0, 0.1) is 0 Å². The normalized spacial score (nSPS) is 16.9. The summed E-state index contributed by atoms with van der Waals surface area (Å²) in [5, 5.41) is 6.75. The van der Waals surface area contributed by atoms with Gasteiger partial charge >= 0.3 is 7.12 Å². The van der Waals surface area contributed by atoms with Gasteiger partial charge < -0.3 is 18.1 Å². The average molecular weight is 510 g/mol. The molecule has 0 bridgehead atoms. The number of hydrogen-bond donors (Lipinski definition) is 0. The van der Waals surface area contributed by atoms with Crippen LogP contribution in [0.15, 0.2) is 99.8 Å². The van der Waals surface area contributed by atoms with E-state index in [1.807, 2.05) is 6.07 Å². The highest BCUT2D eigenvalue weighted by Crippen LogP contribution is 2.39. The fraction of sp³-hybridized carbons (Fsp3) is 0.176. The van der Waals surface area contributed by atoms with Gasteiger partial charge in [-0.05, 0) is 86.1 Å². The molecule has 2 aromatic heterocycles. The maximum Gasteiger partial charge on any atom is 0.494 e. The Bertz CT molecular complexity index is 2080. The van der Waals surface area contributed by atoms with Crippen LogP contribution in [-0.4, -0.2) is 18.3 Å². The van der Waals surface area contributed by atoms with Gasteiger partial charge in [-0.3, -0.25) is 0 Å². The molecule has 8 rings (SSSR count). The number of fused-ring (bicyclic) bond motifs is 8. The maximum absolute atomic E-state index is 6.32. The Morgan fingerprint density at radius 1 is 0.513 bits per heavy atom. The van der Waals surface area contributed by atoms with Crippen LogP contribution in [-0.2, 0) is 9.31 Å². The first-order valence-corrected chi connectivity index (χ1v) is 13.4. The minimum absolute atomic E-state index is 0.385. The SMILES string of the molecule is CC1(C)OB(c2ccc3c(c2)oc2ccc(-c4ccc5oc6c7ccccc7ccc6c5c4)cc23)OC1(C)C. The Morgan fingerprint density at radius 2 is 1.15 bits per heavy atom. The van der Waals surface area contributed by atoms with Crippen LogP contribution in [0.4, 0.5) is 0 Å². The van der Waals surface area contributed by atoms with Crippen LogP contribution < -0.4 is 5.46 Å². The Morgan fingerprint density at radius 3 is 1.90 bits per heavy atom. The third kappa shape index (κ3) is 3.33. The Kier molecular flexibility index (Phi) is 4.55. The molecule has 190 valence electrons. The lowest BCUT2D eigenvalue weighted by Crippen LogP contribution is -2.41. The van der Waals surface area contributed by atoms with E-state index in [1.165, 1.54) is 5.39 Å². The lowest BCUT2D eigenvalue weighted by atomic mass is 9.79. The van der Waals surface area contributed by atoms with Crippen molar-refractivity contribution in [3.05, 3.63) is 91.0 Å². The lowest BCUT2D eigenvalue weighted by molar-refractivity contribution is 0.00578. The molecular weight excluding hydrogens is 483 g/mol. The second kappa shape index (κ2) is 7.75. The second-order valence-electron chi connectivity index (χ2n) is 11.6. The van der Waals surface area contributed by atoms with E-state index in [0.717, 1.165) is 65.9 Å². The molecule has 0 unspecified atom stereocenters. The van der Waals surface area contributed by atoms with Gasteiger partial charge in [-0.2, -0.15) is 0 Å². The fourth-order valence-electron chi connectivity index (χ4n) is 5.78. The highest BCUT2D eigenvalue weighted by atomic mass is 16.7. The van der Waals surface area contributed by atoms with Crippen LogP contribution in [0.25, 0.3) is 65.8 Å². The van der Waals surface area contributed by atoms with Gasteiger partial charge in [0.25, 0.3) is 0 Å². The van der Waals surface area contributed by atoms with Gasteiger partial charge in [0, 0.05) is 26.9 Å². The van der Waals surface area contributed by atoms with Crippen LogP contribution in [0.3, 0.4) is 0 Å². The molecule has 39 heavy (non-hydrogen) atoms. The summed E-state index contributed by atoms with van der Waals surface area (Å²) < 4.78 is 25.1. The molecule has 0 spiro atoms. The minimum atomic E-state index is -0.420. The smallest absolute Gasteiger partial charge is 0.456 e. The summed E-state index contributed by atoms with van der Waals surface area (Å²) in [6, 6.07) is 31.8. The van der Waals surface area contributed by atoms with Crippen molar-refractivity contribution in [3.63, 3.8) is 0 Å². The summed E-state index contributed by atoms with van der Waals surface area (Å²) in [4.78, 5) is 0. The summed E-state index contributed by atoms with van der Waals surface area (Å²) in [6.45, 7) is 8.28. The van der Waals surface area contributed by atoms with E-state index in [1.54, 1.807) is 0 Å². The number of benzene rings is 5. The van der Waals surface area contributed by atoms with E-state index in [4.69, 9.17) is 18.1 Å². The van der Waals surface area contributed by atoms with Gasteiger partial charge in [-0.1, -0.05) is 54.6 Å². The molecule has 0 aliphatic carbocycles. The summed E-state index contributed by atoms with van der Waals surface area (Å²) in [5.74, 6) is 0. The molecule has 3 heterocycles. The largest absolute Gasteiger partial charge is 0.494 e. The molecule has 0 amide bonds. The minimum Gasteiger partial charge on any atom is -0.456 e. The van der Waals surface area contributed by atoms with E-state index < -0.39 is 7.12 Å². The Labute approximate surface area is 226 Å². The van der Waals surface area contributed by atoms with Crippen LogP contribution in [0.1, 0.15) is 27.7 Å². The molecule has 0 N–H and O–H groups in total. The fourth-order valence-corrected chi connectivity index (χ4v) is 5.78. The standard InChI is InChI=1S/C34H27BO4/c1-33(2)34(3,4)39-35(38-33)23-12-14-25-27-17-21(10-15-29(27)36-31(25)19-23)22-11-16-30-28(18-22)26-13-9-20-7-5-6-8-24(20)32(26)37-30/h5-19H,1-4H3. The molecule has 1 fully saturated rings. The molecule has 1 aliphatic heterocycles. The van der Waals surface area contributed by atoms with E-state index in [0.29, 0.717) is 0 Å². The molecule has 7 aromatic rings. The first-order chi connectivity index (χ1) is 18.8. The molecule has 1 saturated heterocycles. The molecule has 5 aromatic carbocycles. The predicted octanol–water partition coefficient (Wildman–Crippen LogP) is 8.60. The zero-order valence-corrected chi connectivity index (χ0v) is 22.4. The monoisotopic (exact) mass is 510 g/mol. The zero-order chi connectivity index (χ0) is 26.5. The molecule has 0 radical (unpaired) electrons. The molecule has 0 atom stereocenters. The van der Waals surface area contributed by atoms with Crippen LogP contribution >= 0.6 is 0 Å². The van der Waals surface area contributed by atoms with Crippen molar-refractivity contribution in [1.82, 2.24) is 0 Å². The Hall–Kier alpha value is -4.06. The topological polar surface area (TPSA) is 44.7 Å². The number of furan rings is 2. The van der Waals surface area contributed by atoms with Gasteiger partial charge in [-0.15, -0.1) is 0 Å². The third-order valence-corrected chi connectivity index (χ3v) is 8.72. The van der Waals surface area contributed by atoms with Crippen molar-refractivity contribution >= 4 is 67.2 Å². The van der Waals surface area contributed by atoms with Gasteiger partial charge in [0.1, 0.15) is 22.3 Å². The Balaban J connectivity index is 1.22. The first-order valence-electron chi connectivity index (χ1n) is 13.4. The first kappa shape index (κ1) is 22.9. The lowest BCUT2D eigenvalue weighted by Gasteiger charge is -2.32. The van der Waals surface area contributed by atoms with Crippen molar-refractivity contribution in [1.29, 1.82) is 0 Å². The molecule has 5 heteroatoms. The quantitative estimate of drug-likeness (QED) is 0.219. The number of hydrogen-bond acceptors (Lipinski definition) is 4. The van der Waals surface area contributed by atoms with E-state index in [2.05, 4.69) is 113 Å². The van der Waals surface area contributed by atoms with Gasteiger partial charge in [0.15, 0.2) is 0 Å². The van der Waals surface area contributed by atoms with E-state index >= 15 is 0 Å². The second-order valence-corrected chi connectivity index (χ2v) is 11.6. The van der Waals surface area contributed by atoms with Crippen LogP contribution in [0.2, 0.25) is 0 Å². The highest BCUT2D eigenvalue weighted by molar-refractivity contribution is 6.62. The molecule has 4 nitrogen and oxygen atoms in total. The molecule has 0 saturated carbocycles. The zero-order valence-electron chi connectivity index (χ0n) is 22.4. The van der Waals surface area contributed by atoms with Crippen molar-refractivity contribution < 1.29 is 18.1 Å². The third-order valence-electron chi connectivity index (χ3n) is 8.72. The number of rotatable bonds is 2. The summed E-state index contributed by atoms with van der Waals surface area (Å²) in [5.41, 5.74) is 6.00. The maximum atomic E-state index is 6.32. The van der Waals surface area contributed by atoms with E-state index in [-0.39, 0.29) is 11.2 Å². The highest BCUT2D eigenvalue weighted by Gasteiger charge is 2.51. The van der Waals surface area contributed by atoms with Crippen LogP contribution in [0.5, 0.6) is 0 Å². The van der Waals surface area contributed by atoms with Gasteiger partial charge in [-0.25, -0.2) is 0 Å². The van der Waals surface area contributed by atoms with Crippen molar-refractivity contribution in [2.45, 2.75) is 38.9 Å². The predicted molar refractivity (Wildman–Crippen MR) is 160 cm³/mol. The average Bonchev–Trinajstić information content (AvgIpc) is 3.55. The van der Waals surface area contributed by atoms with Crippen molar-refractivity contribution in [3.8, 4) is 11.1 Å². The van der Waals surface area contributed by atoms with E-state index in [9.17, 15) is 0 Å². The molecular formula is C34H27BO4. The summed E-state index contributed by atoms with van der Waals surface area (Å²) in [6.07, 6.45) is 0. The van der Waals surface area contributed by atoms with Crippen molar-refractivity contribution in [2.75, 3.05) is 0 Å².